The Morgan fingerprint density at radius 3 is 2.86 bits per heavy atom. The summed E-state index contributed by atoms with van der Waals surface area (Å²) in [6.07, 6.45) is 1.59. The fraction of sp³-hybridized carbons (Fsp3) is 0.391. The van der Waals surface area contributed by atoms with Crippen molar-refractivity contribution in [3.8, 4) is 11.5 Å². The zero-order valence-corrected chi connectivity index (χ0v) is 19.8. The van der Waals surface area contributed by atoms with E-state index in [2.05, 4.69) is 20.6 Å². The van der Waals surface area contributed by atoms with Crippen molar-refractivity contribution in [1.29, 1.82) is 0 Å². The van der Waals surface area contributed by atoms with Gasteiger partial charge in [0.1, 0.15) is 23.6 Å². The van der Waals surface area contributed by atoms with Crippen molar-refractivity contribution in [2.24, 2.45) is 0 Å². The third-order valence-corrected chi connectivity index (χ3v) is 6.31. The van der Waals surface area contributed by atoms with E-state index < -0.39 is 6.17 Å². The summed E-state index contributed by atoms with van der Waals surface area (Å²) in [7, 11) is 1.50. The maximum Gasteiger partial charge on any atom is 0.293 e. The Morgan fingerprint density at radius 2 is 2.09 bits per heavy atom. The molecule has 2 aliphatic rings. The molecule has 184 valence electrons. The molecule has 2 aliphatic heterocycles. The summed E-state index contributed by atoms with van der Waals surface area (Å²) in [5.41, 5.74) is 0.945. The van der Waals surface area contributed by atoms with Crippen LogP contribution < -0.4 is 30.6 Å². The van der Waals surface area contributed by atoms with Gasteiger partial charge in [-0.25, -0.2) is 9.37 Å². The summed E-state index contributed by atoms with van der Waals surface area (Å²) in [5.74, 6) is 1.13. The fourth-order valence-electron chi connectivity index (χ4n) is 4.21. The third kappa shape index (κ3) is 4.68. The predicted molar refractivity (Wildman–Crippen MR) is 130 cm³/mol. The second-order valence-corrected chi connectivity index (χ2v) is 8.75. The number of anilines is 3. The van der Waals surface area contributed by atoms with Crippen LogP contribution in [0.15, 0.2) is 29.2 Å². The van der Waals surface area contributed by atoms with Gasteiger partial charge in [0.05, 0.1) is 18.3 Å². The lowest BCUT2D eigenvalue weighted by Gasteiger charge is -2.28. The molecule has 1 aromatic carbocycles. The minimum Gasteiger partial charge on any atom is -0.489 e. The van der Waals surface area contributed by atoms with E-state index >= 15 is 0 Å². The highest BCUT2D eigenvalue weighted by molar-refractivity contribution is 6.32. The number of alkyl halides is 1. The van der Waals surface area contributed by atoms with Crippen LogP contribution in [-0.2, 0) is 11.3 Å². The largest absolute Gasteiger partial charge is 0.489 e. The summed E-state index contributed by atoms with van der Waals surface area (Å²) in [6.45, 7) is 1.48. The highest BCUT2D eigenvalue weighted by Gasteiger charge is 2.22. The molecule has 35 heavy (non-hydrogen) atoms. The Kier molecular flexibility index (Phi) is 6.33. The molecule has 1 fully saturated rings. The van der Waals surface area contributed by atoms with E-state index in [1.807, 2.05) is 11.0 Å². The average Bonchev–Trinajstić information content (AvgIpc) is 2.86. The lowest BCUT2D eigenvalue weighted by atomic mass is 10.1. The van der Waals surface area contributed by atoms with E-state index in [0.717, 1.165) is 0 Å². The summed E-state index contributed by atoms with van der Waals surface area (Å²) in [6, 6.07) is 5.19. The van der Waals surface area contributed by atoms with Crippen LogP contribution in [0.1, 0.15) is 12.8 Å². The average molecular weight is 503 g/mol. The molecule has 2 N–H and O–H groups in total. The van der Waals surface area contributed by atoms with E-state index in [1.165, 1.54) is 13.2 Å². The zero-order valence-electron chi connectivity index (χ0n) is 19.0. The van der Waals surface area contributed by atoms with Crippen LogP contribution in [0.5, 0.6) is 11.5 Å². The molecule has 2 aromatic heterocycles. The van der Waals surface area contributed by atoms with Gasteiger partial charge in [-0.2, -0.15) is 4.98 Å². The first-order valence-corrected chi connectivity index (χ1v) is 11.7. The summed E-state index contributed by atoms with van der Waals surface area (Å²) in [4.78, 5) is 35.3. The SMILES string of the molecule is CNC(=O)COc1cc2cc(Nc3nc(N4CCC(F)CC4)ncc3Cl)cc3c2n(c1=O)CCO3. The van der Waals surface area contributed by atoms with Gasteiger partial charge in [-0.3, -0.25) is 14.2 Å². The van der Waals surface area contributed by atoms with Gasteiger partial charge in [0, 0.05) is 37.3 Å². The fourth-order valence-corrected chi connectivity index (χ4v) is 4.35. The van der Waals surface area contributed by atoms with Gasteiger partial charge in [0.25, 0.3) is 11.5 Å². The van der Waals surface area contributed by atoms with Crippen molar-refractivity contribution < 1.29 is 18.7 Å². The second-order valence-electron chi connectivity index (χ2n) is 8.34. The van der Waals surface area contributed by atoms with Crippen LogP contribution in [0, 0.1) is 0 Å². The van der Waals surface area contributed by atoms with Gasteiger partial charge in [-0.1, -0.05) is 11.6 Å². The number of nitrogens with zero attached hydrogens (tertiary/aromatic N) is 4. The standard InChI is InChI=1S/C23H24ClFN6O4/c1-26-19(32)12-35-18-9-13-8-15(10-17-20(13)31(22(18)33)6-7-34-17)28-21-16(24)11-27-23(29-21)30-4-2-14(25)3-5-30/h8-11,14H,2-7,12H2,1H3,(H,26,32)(H,27,28,29). The third-order valence-electron chi connectivity index (χ3n) is 6.03. The lowest BCUT2D eigenvalue weighted by Crippen LogP contribution is -2.35. The maximum atomic E-state index is 13.5. The number of ether oxygens (including phenoxy) is 2. The van der Waals surface area contributed by atoms with Crippen LogP contribution >= 0.6 is 11.6 Å². The number of aromatic nitrogens is 3. The van der Waals surface area contributed by atoms with Gasteiger partial charge in [0.2, 0.25) is 5.95 Å². The molecule has 4 heterocycles. The highest BCUT2D eigenvalue weighted by Crippen LogP contribution is 2.35. The highest BCUT2D eigenvalue weighted by atomic mass is 35.5. The molecule has 0 atom stereocenters. The molecule has 1 amide bonds. The van der Waals surface area contributed by atoms with Gasteiger partial charge in [0.15, 0.2) is 18.2 Å². The van der Waals surface area contributed by atoms with Crippen LogP contribution in [0.3, 0.4) is 0 Å². The number of piperidine rings is 1. The molecule has 10 nitrogen and oxygen atoms in total. The van der Waals surface area contributed by atoms with E-state index in [0.29, 0.717) is 78.2 Å². The molecule has 12 heteroatoms. The topological polar surface area (TPSA) is 111 Å². The first kappa shape index (κ1) is 23.2. The number of rotatable bonds is 6. The Morgan fingerprint density at radius 1 is 1.29 bits per heavy atom. The number of nitrogens with one attached hydrogen (secondary N) is 2. The Hall–Kier alpha value is -3.60. The molecule has 5 rings (SSSR count). The molecule has 0 saturated carbocycles. The zero-order chi connectivity index (χ0) is 24.5. The number of hydrogen-bond acceptors (Lipinski definition) is 8. The number of carbonyl (C=O) groups excluding carboxylic acids is 1. The summed E-state index contributed by atoms with van der Waals surface area (Å²) < 4.78 is 26.4. The number of halogens is 2. The Labute approximate surface area is 205 Å². The Bertz CT molecular complexity index is 1340. The minimum absolute atomic E-state index is 0.0738. The van der Waals surface area contributed by atoms with Crippen molar-refractivity contribution >= 4 is 45.9 Å². The quantitative estimate of drug-likeness (QED) is 0.529. The van der Waals surface area contributed by atoms with Crippen molar-refractivity contribution in [2.45, 2.75) is 25.6 Å². The van der Waals surface area contributed by atoms with Gasteiger partial charge in [-0.15, -0.1) is 0 Å². The molecular weight excluding hydrogens is 479 g/mol. The molecule has 0 bridgehead atoms. The molecular formula is C23H24ClFN6O4. The van der Waals surface area contributed by atoms with Gasteiger partial charge < -0.3 is 25.0 Å². The van der Waals surface area contributed by atoms with E-state index in [4.69, 9.17) is 21.1 Å². The number of carbonyl (C=O) groups is 1. The molecule has 0 spiro atoms. The summed E-state index contributed by atoms with van der Waals surface area (Å²) in [5, 5.41) is 6.68. The number of likely N-dealkylation sites (N-methyl/N-ethyl adjacent to an activating group) is 1. The monoisotopic (exact) mass is 502 g/mol. The first-order chi connectivity index (χ1) is 16.9. The van der Waals surface area contributed by atoms with E-state index in [9.17, 15) is 14.0 Å². The molecule has 0 radical (unpaired) electrons. The van der Waals surface area contributed by atoms with Crippen LogP contribution in [0.4, 0.5) is 21.8 Å². The van der Waals surface area contributed by atoms with Crippen LogP contribution in [0.2, 0.25) is 5.02 Å². The predicted octanol–water partition coefficient (Wildman–Crippen LogP) is 2.64. The Balaban J connectivity index is 1.49. The number of amides is 1. The van der Waals surface area contributed by atoms with Gasteiger partial charge >= 0.3 is 0 Å². The lowest BCUT2D eigenvalue weighted by molar-refractivity contribution is -0.122. The molecule has 0 unspecified atom stereocenters. The van der Waals surface area contributed by atoms with Crippen molar-refractivity contribution in [3.63, 3.8) is 0 Å². The van der Waals surface area contributed by atoms with Crippen LogP contribution in [0.25, 0.3) is 10.9 Å². The maximum absolute atomic E-state index is 13.5. The van der Waals surface area contributed by atoms with Crippen molar-refractivity contribution in [1.82, 2.24) is 19.9 Å². The molecule has 3 aromatic rings. The molecule has 0 aliphatic carbocycles. The van der Waals surface area contributed by atoms with Crippen LogP contribution in [-0.4, -0.2) is 60.0 Å². The minimum atomic E-state index is -0.798. The first-order valence-electron chi connectivity index (χ1n) is 11.3. The number of pyridine rings is 1. The summed E-state index contributed by atoms with van der Waals surface area (Å²) >= 11 is 6.37. The van der Waals surface area contributed by atoms with Gasteiger partial charge in [-0.05, 0) is 25.0 Å². The smallest absolute Gasteiger partial charge is 0.293 e. The number of hydrogen-bond donors (Lipinski definition) is 2. The van der Waals surface area contributed by atoms with Crippen molar-refractivity contribution in [3.05, 3.63) is 39.8 Å². The second kappa shape index (κ2) is 9.57. The normalized spacial score (nSPS) is 15.6. The van der Waals surface area contributed by atoms with E-state index in [1.54, 1.807) is 16.7 Å². The number of benzene rings is 1. The van der Waals surface area contributed by atoms with E-state index in [-0.39, 0.29) is 23.8 Å². The van der Waals surface area contributed by atoms with Crippen molar-refractivity contribution in [2.75, 3.05) is 43.6 Å². The molecule has 1 saturated heterocycles.